The maximum atomic E-state index is 11.8. The van der Waals surface area contributed by atoms with E-state index in [1.54, 1.807) is 7.11 Å². The van der Waals surface area contributed by atoms with Gasteiger partial charge in [-0.1, -0.05) is 6.07 Å². The number of carbonyl (C=O) groups excluding carboxylic acids is 1. The first kappa shape index (κ1) is 12.9. The molecule has 98 valence electrons. The summed E-state index contributed by atoms with van der Waals surface area (Å²) in [5.41, 5.74) is 8.39. The Morgan fingerprint density at radius 3 is 2.94 bits per heavy atom. The number of carbonyl (C=O) groups is 1. The largest absolute Gasteiger partial charge is 0.497 e. The van der Waals surface area contributed by atoms with Gasteiger partial charge in [-0.15, -0.1) is 0 Å². The van der Waals surface area contributed by atoms with Crippen LogP contribution in [-0.2, 0) is 16.0 Å². The molecule has 0 aromatic heterocycles. The Hall–Kier alpha value is -1.55. The molecule has 1 aliphatic rings. The monoisotopic (exact) mass is 249 g/mol. The molecule has 0 saturated heterocycles. The second kappa shape index (κ2) is 5.40. The number of fused-ring (bicyclic) bond motifs is 1. The standard InChI is InChI=1S/C14H19NO3/c1-3-18-14(16)11-7-5-9-4-6-10(17-2)8-12(9)13(11)15/h4,6,8,11,13H,3,5,7,15H2,1-2H3/t11-,13-/m1/s1. The Morgan fingerprint density at radius 2 is 2.28 bits per heavy atom. The van der Waals surface area contributed by atoms with Gasteiger partial charge in [0.1, 0.15) is 5.75 Å². The van der Waals surface area contributed by atoms with Crippen molar-refractivity contribution in [1.82, 2.24) is 0 Å². The molecule has 1 aliphatic carbocycles. The van der Waals surface area contributed by atoms with Crippen LogP contribution in [0.4, 0.5) is 0 Å². The molecule has 2 rings (SSSR count). The van der Waals surface area contributed by atoms with E-state index in [4.69, 9.17) is 15.2 Å². The molecule has 0 spiro atoms. The third-order valence-electron chi connectivity index (χ3n) is 3.46. The van der Waals surface area contributed by atoms with Gasteiger partial charge in [0.05, 0.1) is 19.6 Å². The zero-order valence-electron chi connectivity index (χ0n) is 10.8. The highest BCUT2D eigenvalue weighted by Crippen LogP contribution is 2.35. The number of esters is 1. The first-order valence-corrected chi connectivity index (χ1v) is 6.26. The van der Waals surface area contributed by atoms with Crippen molar-refractivity contribution in [2.75, 3.05) is 13.7 Å². The van der Waals surface area contributed by atoms with Crippen molar-refractivity contribution >= 4 is 5.97 Å². The highest BCUT2D eigenvalue weighted by molar-refractivity contribution is 5.74. The fraction of sp³-hybridized carbons (Fsp3) is 0.500. The Balaban J connectivity index is 2.26. The maximum Gasteiger partial charge on any atom is 0.310 e. The van der Waals surface area contributed by atoms with Crippen LogP contribution < -0.4 is 10.5 Å². The summed E-state index contributed by atoms with van der Waals surface area (Å²) < 4.78 is 10.3. The predicted molar refractivity (Wildman–Crippen MR) is 68.4 cm³/mol. The highest BCUT2D eigenvalue weighted by Gasteiger charge is 2.33. The van der Waals surface area contributed by atoms with Crippen molar-refractivity contribution in [1.29, 1.82) is 0 Å². The zero-order chi connectivity index (χ0) is 13.1. The molecule has 2 atom stereocenters. The number of aryl methyl sites for hydroxylation is 1. The van der Waals surface area contributed by atoms with Gasteiger partial charge in [0.15, 0.2) is 0 Å². The fourth-order valence-electron chi connectivity index (χ4n) is 2.46. The van der Waals surface area contributed by atoms with E-state index >= 15 is 0 Å². The van der Waals surface area contributed by atoms with Crippen LogP contribution in [-0.4, -0.2) is 19.7 Å². The number of benzene rings is 1. The molecule has 0 unspecified atom stereocenters. The summed E-state index contributed by atoms with van der Waals surface area (Å²) in [4.78, 5) is 11.8. The SMILES string of the molecule is CCOC(=O)[C@@H]1CCc2ccc(OC)cc2[C@@H]1N. The first-order valence-electron chi connectivity index (χ1n) is 6.26. The van der Waals surface area contributed by atoms with Gasteiger partial charge < -0.3 is 15.2 Å². The molecule has 0 aliphatic heterocycles. The third-order valence-corrected chi connectivity index (χ3v) is 3.46. The molecule has 0 bridgehead atoms. The molecule has 18 heavy (non-hydrogen) atoms. The molecule has 0 fully saturated rings. The van der Waals surface area contributed by atoms with Gasteiger partial charge >= 0.3 is 5.97 Å². The average Bonchev–Trinajstić information content (AvgIpc) is 2.39. The molecule has 0 heterocycles. The lowest BCUT2D eigenvalue weighted by Crippen LogP contribution is -2.34. The van der Waals surface area contributed by atoms with Gasteiger partial charge in [-0.2, -0.15) is 0 Å². The minimum Gasteiger partial charge on any atom is -0.497 e. The summed E-state index contributed by atoms with van der Waals surface area (Å²) in [7, 11) is 1.62. The van der Waals surface area contributed by atoms with E-state index in [2.05, 4.69) is 0 Å². The second-order valence-corrected chi connectivity index (χ2v) is 4.49. The van der Waals surface area contributed by atoms with E-state index in [1.165, 1.54) is 5.56 Å². The van der Waals surface area contributed by atoms with E-state index in [0.717, 1.165) is 24.2 Å². The topological polar surface area (TPSA) is 61.5 Å². The van der Waals surface area contributed by atoms with Crippen LogP contribution in [0.15, 0.2) is 18.2 Å². The van der Waals surface area contributed by atoms with E-state index in [1.807, 2.05) is 25.1 Å². The van der Waals surface area contributed by atoms with Gasteiger partial charge in [-0.25, -0.2) is 0 Å². The lowest BCUT2D eigenvalue weighted by atomic mass is 9.80. The number of nitrogens with two attached hydrogens (primary N) is 1. The van der Waals surface area contributed by atoms with Crippen molar-refractivity contribution in [2.45, 2.75) is 25.8 Å². The zero-order valence-corrected chi connectivity index (χ0v) is 10.8. The van der Waals surface area contributed by atoms with Crippen LogP contribution in [0.2, 0.25) is 0 Å². The molecule has 1 aromatic carbocycles. The van der Waals surface area contributed by atoms with Crippen molar-refractivity contribution in [3.63, 3.8) is 0 Å². The summed E-state index contributed by atoms with van der Waals surface area (Å²) in [6.45, 7) is 2.20. The molecule has 0 radical (unpaired) electrons. The van der Waals surface area contributed by atoms with Gasteiger partial charge in [0.2, 0.25) is 0 Å². The number of ether oxygens (including phenoxy) is 2. The van der Waals surface area contributed by atoms with E-state index < -0.39 is 0 Å². The van der Waals surface area contributed by atoms with Crippen molar-refractivity contribution < 1.29 is 14.3 Å². The molecule has 0 saturated carbocycles. The summed E-state index contributed by atoms with van der Waals surface area (Å²) >= 11 is 0. The molecule has 4 heteroatoms. The predicted octanol–water partition coefficient (Wildman–Crippen LogP) is 1.82. The Morgan fingerprint density at radius 1 is 1.50 bits per heavy atom. The van der Waals surface area contributed by atoms with Crippen LogP contribution in [0, 0.1) is 5.92 Å². The number of hydrogen-bond donors (Lipinski definition) is 1. The van der Waals surface area contributed by atoms with Crippen molar-refractivity contribution in [2.24, 2.45) is 11.7 Å². The second-order valence-electron chi connectivity index (χ2n) is 4.49. The van der Waals surface area contributed by atoms with Crippen molar-refractivity contribution in [3.05, 3.63) is 29.3 Å². The molecule has 0 amide bonds. The van der Waals surface area contributed by atoms with Gasteiger partial charge in [0, 0.05) is 6.04 Å². The van der Waals surface area contributed by atoms with E-state index in [9.17, 15) is 4.79 Å². The molecular formula is C14H19NO3. The van der Waals surface area contributed by atoms with Gasteiger partial charge in [-0.05, 0) is 43.0 Å². The molecular weight excluding hydrogens is 230 g/mol. The number of methoxy groups -OCH3 is 1. The number of hydrogen-bond acceptors (Lipinski definition) is 4. The highest BCUT2D eigenvalue weighted by atomic mass is 16.5. The minimum atomic E-state index is -0.303. The minimum absolute atomic E-state index is 0.196. The first-order chi connectivity index (χ1) is 8.67. The van der Waals surface area contributed by atoms with Crippen LogP contribution in [0.1, 0.15) is 30.5 Å². The third kappa shape index (κ3) is 2.34. The van der Waals surface area contributed by atoms with Crippen molar-refractivity contribution in [3.8, 4) is 5.75 Å². The fourth-order valence-corrected chi connectivity index (χ4v) is 2.46. The molecule has 4 nitrogen and oxygen atoms in total. The molecule has 1 aromatic rings. The van der Waals surface area contributed by atoms with E-state index in [-0.39, 0.29) is 17.9 Å². The normalized spacial score (nSPS) is 22.2. The maximum absolute atomic E-state index is 11.8. The summed E-state index contributed by atoms with van der Waals surface area (Å²) in [6, 6.07) is 5.57. The lowest BCUT2D eigenvalue weighted by molar-refractivity contribution is -0.149. The Kier molecular flexibility index (Phi) is 3.87. The van der Waals surface area contributed by atoms with Crippen LogP contribution in [0.25, 0.3) is 0 Å². The lowest BCUT2D eigenvalue weighted by Gasteiger charge is -2.29. The van der Waals surface area contributed by atoms with Gasteiger partial charge in [0.25, 0.3) is 0 Å². The van der Waals surface area contributed by atoms with Crippen LogP contribution >= 0.6 is 0 Å². The Labute approximate surface area is 107 Å². The smallest absolute Gasteiger partial charge is 0.310 e. The van der Waals surface area contributed by atoms with Gasteiger partial charge in [-0.3, -0.25) is 4.79 Å². The summed E-state index contributed by atoms with van der Waals surface area (Å²) in [5, 5.41) is 0. The van der Waals surface area contributed by atoms with E-state index in [0.29, 0.717) is 6.61 Å². The summed E-state index contributed by atoms with van der Waals surface area (Å²) in [5.74, 6) is 0.330. The van der Waals surface area contributed by atoms with Crippen LogP contribution in [0.5, 0.6) is 5.75 Å². The Bertz CT molecular complexity index is 445. The quantitative estimate of drug-likeness (QED) is 0.830. The number of rotatable bonds is 3. The average molecular weight is 249 g/mol. The summed E-state index contributed by atoms with van der Waals surface area (Å²) in [6.07, 6.45) is 1.61. The van der Waals surface area contributed by atoms with Crippen LogP contribution in [0.3, 0.4) is 0 Å². The molecule has 2 N–H and O–H groups in total.